The van der Waals surface area contributed by atoms with Gasteiger partial charge in [-0.1, -0.05) is 30.8 Å². The van der Waals surface area contributed by atoms with Gasteiger partial charge in [0.05, 0.1) is 17.0 Å². The van der Waals surface area contributed by atoms with Crippen LogP contribution in [-0.4, -0.2) is 24.9 Å². The molecule has 0 saturated carbocycles. The van der Waals surface area contributed by atoms with Gasteiger partial charge in [0.2, 0.25) is 5.78 Å². The monoisotopic (exact) mass is 327 g/mol. The minimum absolute atomic E-state index is 0.0246. The predicted octanol–water partition coefficient (Wildman–Crippen LogP) is 2.85. The maximum Gasteiger partial charge on any atom is 0.262 e. The van der Waals surface area contributed by atoms with Crippen molar-refractivity contribution in [2.75, 3.05) is 5.75 Å². The summed E-state index contributed by atoms with van der Waals surface area (Å²) in [6.07, 6.45) is 2.19. The number of hydrogen-bond donors (Lipinski definition) is 0. The Kier molecular flexibility index (Phi) is 4.63. The highest BCUT2D eigenvalue weighted by atomic mass is 32.2. The molecule has 0 spiro atoms. The topological polar surface area (TPSA) is 76.0 Å². The summed E-state index contributed by atoms with van der Waals surface area (Å²) < 4.78 is 3.64. The second kappa shape index (κ2) is 6.84. The van der Waals surface area contributed by atoms with Crippen LogP contribution in [0.15, 0.2) is 34.2 Å². The van der Waals surface area contributed by atoms with Crippen molar-refractivity contribution in [3.8, 4) is 6.07 Å². The van der Waals surface area contributed by atoms with Gasteiger partial charge in [-0.05, 0) is 25.0 Å². The summed E-state index contributed by atoms with van der Waals surface area (Å²) in [4.78, 5) is 12.7. The molecule has 118 valence electrons. The highest BCUT2D eigenvalue weighted by Gasteiger charge is 2.15. The SMILES string of the molecule is CCCn1c(=O)c2ccccc2n2c(SCCCC#N)nnc12. The fourth-order valence-corrected chi connectivity index (χ4v) is 3.45. The lowest BCUT2D eigenvalue weighted by Gasteiger charge is -2.10. The Morgan fingerprint density at radius 3 is 2.91 bits per heavy atom. The standard InChI is InChI=1S/C16H17N5OS/c1-2-10-20-14(22)12-7-3-4-8-13(12)21-15(20)18-19-16(21)23-11-6-5-9-17/h3-4,7-8H,2,5-6,10-11H2,1H3. The van der Waals surface area contributed by atoms with Crippen molar-refractivity contribution in [1.29, 1.82) is 5.26 Å². The normalized spacial score (nSPS) is 11.1. The van der Waals surface area contributed by atoms with E-state index in [1.54, 1.807) is 16.3 Å². The lowest BCUT2D eigenvalue weighted by atomic mass is 10.2. The number of para-hydroxylation sites is 1. The predicted molar refractivity (Wildman–Crippen MR) is 90.6 cm³/mol. The van der Waals surface area contributed by atoms with E-state index >= 15 is 0 Å². The molecule has 0 aliphatic heterocycles. The Balaban J connectivity index is 2.17. The molecule has 7 heteroatoms. The molecule has 0 aliphatic carbocycles. The van der Waals surface area contributed by atoms with Gasteiger partial charge in [0.15, 0.2) is 5.16 Å². The third-order valence-electron chi connectivity index (χ3n) is 3.59. The molecule has 6 nitrogen and oxygen atoms in total. The van der Waals surface area contributed by atoms with Gasteiger partial charge in [-0.3, -0.25) is 13.8 Å². The molecule has 0 saturated heterocycles. The molecular weight excluding hydrogens is 310 g/mol. The van der Waals surface area contributed by atoms with Crippen LogP contribution in [0.25, 0.3) is 16.7 Å². The van der Waals surface area contributed by atoms with Gasteiger partial charge in [0.25, 0.3) is 5.56 Å². The molecule has 0 atom stereocenters. The van der Waals surface area contributed by atoms with Gasteiger partial charge in [-0.25, -0.2) is 0 Å². The van der Waals surface area contributed by atoms with Crippen LogP contribution < -0.4 is 5.56 Å². The fourth-order valence-electron chi connectivity index (χ4n) is 2.57. The van der Waals surface area contributed by atoms with E-state index in [4.69, 9.17) is 5.26 Å². The Hall–Kier alpha value is -2.33. The van der Waals surface area contributed by atoms with Crippen LogP contribution in [0.2, 0.25) is 0 Å². The van der Waals surface area contributed by atoms with Gasteiger partial charge in [0, 0.05) is 18.7 Å². The zero-order valence-corrected chi connectivity index (χ0v) is 13.7. The molecule has 0 unspecified atom stereocenters. The number of thioether (sulfide) groups is 1. The molecule has 0 fully saturated rings. The van der Waals surface area contributed by atoms with Gasteiger partial charge < -0.3 is 0 Å². The maximum absolute atomic E-state index is 12.7. The lowest BCUT2D eigenvalue weighted by Crippen LogP contribution is -2.23. The quantitative estimate of drug-likeness (QED) is 0.514. The second-order valence-electron chi connectivity index (χ2n) is 5.20. The summed E-state index contributed by atoms with van der Waals surface area (Å²) >= 11 is 1.57. The first-order chi connectivity index (χ1) is 11.3. The van der Waals surface area contributed by atoms with E-state index in [-0.39, 0.29) is 5.56 Å². The number of aromatic nitrogens is 4. The van der Waals surface area contributed by atoms with E-state index in [0.717, 1.165) is 29.3 Å². The molecule has 2 heterocycles. The molecule has 0 aliphatic rings. The van der Waals surface area contributed by atoms with Crippen LogP contribution in [0, 0.1) is 11.3 Å². The third kappa shape index (κ3) is 2.82. The van der Waals surface area contributed by atoms with Crippen LogP contribution >= 0.6 is 11.8 Å². The van der Waals surface area contributed by atoms with Gasteiger partial charge >= 0.3 is 0 Å². The van der Waals surface area contributed by atoms with Crippen molar-refractivity contribution in [3.63, 3.8) is 0 Å². The largest absolute Gasteiger partial charge is 0.276 e. The Morgan fingerprint density at radius 2 is 2.13 bits per heavy atom. The Bertz CT molecular complexity index is 937. The van der Waals surface area contributed by atoms with E-state index in [0.29, 0.717) is 24.1 Å². The van der Waals surface area contributed by atoms with Crippen molar-refractivity contribution in [2.24, 2.45) is 0 Å². The van der Waals surface area contributed by atoms with Crippen molar-refractivity contribution < 1.29 is 0 Å². The molecule has 2 aromatic heterocycles. The van der Waals surface area contributed by atoms with Crippen LogP contribution in [-0.2, 0) is 6.54 Å². The van der Waals surface area contributed by atoms with Crippen molar-refractivity contribution in [2.45, 2.75) is 37.9 Å². The van der Waals surface area contributed by atoms with Crippen molar-refractivity contribution in [3.05, 3.63) is 34.6 Å². The first-order valence-corrected chi connectivity index (χ1v) is 8.63. The molecule has 0 N–H and O–H groups in total. The molecule has 0 radical (unpaired) electrons. The molecule has 3 rings (SSSR count). The number of hydrogen-bond acceptors (Lipinski definition) is 5. The molecule has 1 aromatic carbocycles. The van der Waals surface area contributed by atoms with Gasteiger partial charge in [-0.15, -0.1) is 10.2 Å². The Labute approximate surface area is 137 Å². The van der Waals surface area contributed by atoms with Crippen molar-refractivity contribution >= 4 is 28.4 Å². The van der Waals surface area contributed by atoms with Crippen LogP contribution in [0.3, 0.4) is 0 Å². The van der Waals surface area contributed by atoms with E-state index in [1.165, 1.54) is 0 Å². The fraction of sp³-hybridized carbons (Fsp3) is 0.375. The van der Waals surface area contributed by atoms with Crippen LogP contribution in [0.4, 0.5) is 0 Å². The smallest absolute Gasteiger partial charge is 0.262 e. The Morgan fingerprint density at radius 1 is 1.30 bits per heavy atom. The molecule has 3 aromatic rings. The van der Waals surface area contributed by atoms with Gasteiger partial charge in [0.1, 0.15) is 0 Å². The number of nitriles is 1. The zero-order valence-electron chi connectivity index (χ0n) is 12.9. The minimum Gasteiger partial charge on any atom is -0.276 e. The first kappa shape index (κ1) is 15.6. The second-order valence-corrected chi connectivity index (χ2v) is 6.26. The molecule has 0 bridgehead atoms. The average molecular weight is 327 g/mol. The lowest BCUT2D eigenvalue weighted by molar-refractivity contribution is 0.662. The maximum atomic E-state index is 12.7. The summed E-state index contributed by atoms with van der Waals surface area (Å²) in [6, 6.07) is 9.69. The summed E-state index contributed by atoms with van der Waals surface area (Å²) in [5, 5.41) is 18.6. The number of rotatable bonds is 6. The van der Waals surface area contributed by atoms with E-state index in [9.17, 15) is 4.79 Å². The highest BCUT2D eigenvalue weighted by molar-refractivity contribution is 7.99. The van der Waals surface area contributed by atoms with Crippen molar-refractivity contribution in [1.82, 2.24) is 19.2 Å². The molecule has 0 amide bonds. The first-order valence-electron chi connectivity index (χ1n) is 7.64. The van der Waals surface area contributed by atoms with Gasteiger partial charge in [-0.2, -0.15) is 5.26 Å². The average Bonchev–Trinajstić information content (AvgIpc) is 2.99. The number of nitrogens with zero attached hydrogens (tertiary/aromatic N) is 5. The zero-order chi connectivity index (χ0) is 16.2. The number of benzene rings is 1. The number of fused-ring (bicyclic) bond motifs is 3. The summed E-state index contributed by atoms with van der Waals surface area (Å²) in [7, 11) is 0. The van der Waals surface area contributed by atoms with E-state index < -0.39 is 0 Å². The molecular formula is C16H17N5OS. The number of aryl methyl sites for hydroxylation is 1. The minimum atomic E-state index is -0.0246. The van der Waals surface area contributed by atoms with Crippen LogP contribution in [0.1, 0.15) is 26.2 Å². The summed E-state index contributed by atoms with van der Waals surface area (Å²) in [6.45, 7) is 2.65. The van der Waals surface area contributed by atoms with Crippen LogP contribution in [0.5, 0.6) is 0 Å². The van der Waals surface area contributed by atoms with E-state index in [1.807, 2.05) is 35.6 Å². The summed E-state index contributed by atoms with van der Waals surface area (Å²) in [5.41, 5.74) is 0.802. The van der Waals surface area contributed by atoms with E-state index in [2.05, 4.69) is 16.3 Å². The molecule has 23 heavy (non-hydrogen) atoms. The highest BCUT2D eigenvalue weighted by Crippen LogP contribution is 2.22. The third-order valence-corrected chi connectivity index (χ3v) is 4.60. The summed E-state index contributed by atoms with van der Waals surface area (Å²) in [5.74, 6) is 1.38. The number of unbranched alkanes of at least 4 members (excludes halogenated alkanes) is 1.